The Hall–Kier alpha value is -2.70. The molecule has 2 aromatic heterocycles. The Morgan fingerprint density at radius 3 is 2.76 bits per heavy atom. The monoisotopic (exact) mass is 338 g/mol. The van der Waals surface area contributed by atoms with Crippen LogP contribution >= 0.6 is 0 Å². The molecule has 6 nitrogen and oxygen atoms in total. The molecule has 1 aliphatic heterocycles. The van der Waals surface area contributed by atoms with Gasteiger partial charge in [-0.1, -0.05) is 6.07 Å². The number of ether oxygens (including phenoxy) is 3. The van der Waals surface area contributed by atoms with Gasteiger partial charge in [0, 0.05) is 29.3 Å². The molecule has 0 atom stereocenters. The molecule has 0 amide bonds. The molecule has 3 heterocycles. The van der Waals surface area contributed by atoms with Crippen LogP contribution in [-0.2, 0) is 16.0 Å². The number of pyridine rings is 2. The van der Waals surface area contributed by atoms with Crippen molar-refractivity contribution >= 4 is 10.9 Å². The van der Waals surface area contributed by atoms with Crippen molar-refractivity contribution < 1.29 is 14.2 Å². The standard InChI is InChI=1S/C19H18N2O4/c1-23-13-5-6-14-15(16-4-2-3-7-20-16)11-18(22)21(17(14)10-13)12-19-24-8-9-25-19/h2-7,10-11,19H,8-9,12H2,1H3. The number of benzene rings is 1. The second-order valence-corrected chi connectivity index (χ2v) is 5.78. The summed E-state index contributed by atoms with van der Waals surface area (Å²) in [5.41, 5.74) is 2.20. The summed E-state index contributed by atoms with van der Waals surface area (Å²) in [6.07, 6.45) is 1.31. The molecule has 0 spiro atoms. The summed E-state index contributed by atoms with van der Waals surface area (Å²) in [6, 6.07) is 13.0. The molecule has 1 saturated heterocycles. The summed E-state index contributed by atoms with van der Waals surface area (Å²) in [5, 5.41) is 0.928. The van der Waals surface area contributed by atoms with Gasteiger partial charge in [0.05, 0.1) is 38.1 Å². The summed E-state index contributed by atoms with van der Waals surface area (Å²) >= 11 is 0. The van der Waals surface area contributed by atoms with Crippen molar-refractivity contribution in [3.63, 3.8) is 0 Å². The number of nitrogens with zero attached hydrogens (tertiary/aromatic N) is 2. The van der Waals surface area contributed by atoms with Crippen LogP contribution in [0.5, 0.6) is 5.75 Å². The van der Waals surface area contributed by atoms with Crippen LogP contribution in [0.25, 0.3) is 22.2 Å². The van der Waals surface area contributed by atoms with Gasteiger partial charge in [-0.15, -0.1) is 0 Å². The molecule has 0 radical (unpaired) electrons. The lowest BCUT2D eigenvalue weighted by Crippen LogP contribution is -2.27. The Bertz CT molecular complexity index is 947. The number of aromatic nitrogens is 2. The maximum atomic E-state index is 12.8. The predicted octanol–water partition coefficient (Wildman–Crippen LogP) is 2.45. The van der Waals surface area contributed by atoms with Crippen LogP contribution < -0.4 is 10.3 Å². The van der Waals surface area contributed by atoms with E-state index in [1.165, 1.54) is 0 Å². The smallest absolute Gasteiger partial charge is 0.251 e. The molecule has 1 aromatic carbocycles. The Morgan fingerprint density at radius 2 is 2.04 bits per heavy atom. The topological polar surface area (TPSA) is 62.6 Å². The van der Waals surface area contributed by atoms with Gasteiger partial charge in [0.15, 0.2) is 6.29 Å². The van der Waals surface area contributed by atoms with Crippen LogP contribution in [0.4, 0.5) is 0 Å². The van der Waals surface area contributed by atoms with Gasteiger partial charge in [-0.05, 0) is 24.3 Å². The summed E-state index contributed by atoms with van der Waals surface area (Å²) in [6.45, 7) is 1.43. The fraction of sp³-hybridized carbons (Fsp3) is 0.263. The average Bonchev–Trinajstić information content (AvgIpc) is 3.17. The van der Waals surface area contributed by atoms with Crippen molar-refractivity contribution in [3.8, 4) is 17.0 Å². The number of rotatable bonds is 4. The van der Waals surface area contributed by atoms with Crippen molar-refractivity contribution in [1.29, 1.82) is 0 Å². The number of hydrogen-bond donors (Lipinski definition) is 0. The highest BCUT2D eigenvalue weighted by molar-refractivity contribution is 5.94. The van der Waals surface area contributed by atoms with Gasteiger partial charge in [-0.25, -0.2) is 0 Å². The highest BCUT2D eigenvalue weighted by atomic mass is 16.7. The third-order valence-corrected chi connectivity index (χ3v) is 4.28. The van der Waals surface area contributed by atoms with Crippen molar-refractivity contribution in [1.82, 2.24) is 9.55 Å². The lowest BCUT2D eigenvalue weighted by Gasteiger charge is -2.17. The van der Waals surface area contributed by atoms with E-state index in [1.54, 1.807) is 23.9 Å². The van der Waals surface area contributed by atoms with Crippen LogP contribution in [0.1, 0.15) is 0 Å². The molecule has 1 fully saturated rings. The van der Waals surface area contributed by atoms with E-state index in [0.717, 1.165) is 22.2 Å². The highest BCUT2D eigenvalue weighted by Gasteiger charge is 2.20. The largest absolute Gasteiger partial charge is 0.497 e. The zero-order valence-electron chi connectivity index (χ0n) is 13.8. The second-order valence-electron chi connectivity index (χ2n) is 5.78. The first-order chi connectivity index (χ1) is 12.3. The maximum Gasteiger partial charge on any atom is 0.251 e. The van der Waals surface area contributed by atoms with Gasteiger partial charge in [0.2, 0.25) is 0 Å². The minimum absolute atomic E-state index is 0.125. The molecule has 4 rings (SSSR count). The molecule has 0 N–H and O–H groups in total. The quantitative estimate of drug-likeness (QED) is 0.731. The van der Waals surface area contributed by atoms with E-state index in [-0.39, 0.29) is 5.56 Å². The lowest BCUT2D eigenvalue weighted by atomic mass is 10.0. The van der Waals surface area contributed by atoms with Crippen molar-refractivity contribution in [2.45, 2.75) is 12.8 Å². The molecule has 0 unspecified atom stereocenters. The fourth-order valence-electron chi connectivity index (χ4n) is 3.07. The van der Waals surface area contributed by atoms with Crippen LogP contribution in [0.2, 0.25) is 0 Å². The van der Waals surface area contributed by atoms with E-state index in [9.17, 15) is 4.79 Å². The first-order valence-electron chi connectivity index (χ1n) is 8.12. The number of hydrogen-bond acceptors (Lipinski definition) is 5. The van der Waals surface area contributed by atoms with E-state index >= 15 is 0 Å². The van der Waals surface area contributed by atoms with Gasteiger partial charge in [-0.2, -0.15) is 0 Å². The first-order valence-corrected chi connectivity index (χ1v) is 8.12. The van der Waals surface area contributed by atoms with E-state index in [1.807, 2.05) is 36.4 Å². The Kier molecular flexibility index (Phi) is 4.21. The first kappa shape index (κ1) is 15.8. The van der Waals surface area contributed by atoms with E-state index in [2.05, 4.69) is 4.98 Å². The highest BCUT2D eigenvalue weighted by Crippen LogP contribution is 2.29. The van der Waals surface area contributed by atoms with Crippen LogP contribution in [0.15, 0.2) is 53.5 Å². The van der Waals surface area contributed by atoms with Crippen LogP contribution in [0, 0.1) is 0 Å². The molecule has 0 saturated carbocycles. The Balaban J connectivity index is 1.93. The molecule has 3 aromatic rings. The average molecular weight is 338 g/mol. The molecular weight excluding hydrogens is 320 g/mol. The lowest BCUT2D eigenvalue weighted by molar-refractivity contribution is -0.0522. The molecule has 0 bridgehead atoms. The van der Waals surface area contributed by atoms with Crippen LogP contribution in [-0.4, -0.2) is 36.2 Å². The second kappa shape index (κ2) is 6.66. The summed E-state index contributed by atoms with van der Waals surface area (Å²) < 4.78 is 18.0. The van der Waals surface area contributed by atoms with Gasteiger partial charge in [0.1, 0.15) is 5.75 Å². The van der Waals surface area contributed by atoms with E-state index in [0.29, 0.717) is 25.5 Å². The third-order valence-electron chi connectivity index (χ3n) is 4.28. The molecule has 1 aliphatic rings. The summed E-state index contributed by atoms with van der Waals surface area (Å²) in [7, 11) is 1.61. The third kappa shape index (κ3) is 3.01. The minimum Gasteiger partial charge on any atom is -0.497 e. The van der Waals surface area contributed by atoms with E-state index < -0.39 is 6.29 Å². The summed E-state index contributed by atoms with van der Waals surface area (Å²) in [4.78, 5) is 17.2. The zero-order valence-corrected chi connectivity index (χ0v) is 13.8. The van der Waals surface area contributed by atoms with Gasteiger partial charge < -0.3 is 18.8 Å². The SMILES string of the molecule is COc1ccc2c(-c3ccccn3)cc(=O)n(CC3OCCO3)c2c1. The van der Waals surface area contributed by atoms with Crippen molar-refractivity contribution in [2.75, 3.05) is 20.3 Å². The van der Waals surface area contributed by atoms with Crippen molar-refractivity contribution in [2.24, 2.45) is 0 Å². The van der Waals surface area contributed by atoms with Gasteiger partial charge in [-0.3, -0.25) is 9.78 Å². The molecule has 6 heteroatoms. The molecular formula is C19H18N2O4. The van der Waals surface area contributed by atoms with Gasteiger partial charge in [0.25, 0.3) is 5.56 Å². The minimum atomic E-state index is -0.409. The van der Waals surface area contributed by atoms with Crippen LogP contribution in [0.3, 0.4) is 0 Å². The molecule has 25 heavy (non-hydrogen) atoms. The Labute approximate surface area is 144 Å². The number of methoxy groups -OCH3 is 1. The normalized spacial score (nSPS) is 14.9. The molecule has 0 aliphatic carbocycles. The van der Waals surface area contributed by atoms with Crippen molar-refractivity contribution in [3.05, 3.63) is 59.0 Å². The van der Waals surface area contributed by atoms with Gasteiger partial charge >= 0.3 is 0 Å². The Morgan fingerprint density at radius 1 is 1.20 bits per heavy atom. The predicted molar refractivity (Wildman–Crippen MR) is 93.7 cm³/mol. The zero-order chi connectivity index (χ0) is 17.2. The molecule has 128 valence electrons. The maximum absolute atomic E-state index is 12.8. The number of fused-ring (bicyclic) bond motifs is 1. The fourth-order valence-corrected chi connectivity index (χ4v) is 3.07. The summed E-state index contributed by atoms with van der Waals surface area (Å²) in [5.74, 6) is 0.687. The van der Waals surface area contributed by atoms with E-state index in [4.69, 9.17) is 14.2 Å².